The Labute approximate surface area is 194 Å². The van der Waals surface area contributed by atoms with Crippen molar-refractivity contribution in [3.63, 3.8) is 0 Å². The molecule has 33 heavy (non-hydrogen) atoms. The fourth-order valence-corrected chi connectivity index (χ4v) is 5.40. The molecule has 0 bridgehead atoms. The third-order valence-corrected chi connectivity index (χ3v) is 7.81. The zero-order valence-corrected chi connectivity index (χ0v) is 19.3. The van der Waals surface area contributed by atoms with E-state index < -0.39 is 10.0 Å². The highest BCUT2D eigenvalue weighted by molar-refractivity contribution is 7.89. The molecule has 4 rings (SSSR count). The van der Waals surface area contributed by atoms with Gasteiger partial charge in [-0.05, 0) is 54.1 Å². The summed E-state index contributed by atoms with van der Waals surface area (Å²) >= 11 is 0. The normalized spacial score (nSPS) is 15.4. The van der Waals surface area contributed by atoms with Crippen molar-refractivity contribution in [1.29, 1.82) is 0 Å². The first-order valence-electron chi connectivity index (χ1n) is 10.9. The van der Waals surface area contributed by atoms with Gasteiger partial charge in [0.2, 0.25) is 15.9 Å². The summed E-state index contributed by atoms with van der Waals surface area (Å²) in [5.41, 5.74) is 1.25. The van der Waals surface area contributed by atoms with Gasteiger partial charge >= 0.3 is 0 Å². The maximum Gasteiger partial charge on any atom is 0.243 e. The lowest BCUT2D eigenvalue weighted by Gasteiger charge is -2.33. The molecule has 7 nitrogen and oxygen atoms in total. The van der Waals surface area contributed by atoms with Gasteiger partial charge in [0.15, 0.2) is 5.78 Å². The van der Waals surface area contributed by atoms with Crippen molar-refractivity contribution in [2.24, 2.45) is 0 Å². The summed E-state index contributed by atoms with van der Waals surface area (Å²) in [6.07, 6.45) is 0.311. The van der Waals surface area contributed by atoms with Gasteiger partial charge in [0.25, 0.3) is 0 Å². The smallest absolute Gasteiger partial charge is 0.243 e. The van der Waals surface area contributed by atoms with Gasteiger partial charge < -0.3 is 10.2 Å². The molecule has 0 saturated carbocycles. The molecule has 1 saturated heterocycles. The molecule has 3 aromatic carbocycles. The van der Waals surface area contributed by atoms with E-state index >= 15 is 0 Å². The lowest BCUT2D eigenvalue weighted by molar-refractivity contribution is -0.116. The minimum absolute atomic E-state index is 0.0188. The van der Waals surface area contributed by atoms with Crippen LogP contribution in [0.3, 0.4) is 0 Å². The highest BCUT2D eigenvalue weighted by Gasteiger charge is 2.28. The van der Waals surface area contributed by atoms with Gasteiger partial charge in [-0.25, -0.2) is 8.42 Å². The number of carbonyl (C=O) groups is 2. The monoisotopic (exact) mass is 465 g/mol. The number of ketones is 1. The summed E-state index contributed by atoms with van der Waals surface area (Å²) in [5.74, 6) is -0.133. The number of hydrogen-bond acceptors (Lipinski definition) is 5. The van der Waals surface area contributed by atoms with Crippen molar-refractivity contribution < 1.29 is 18.0 Å². The molecule has 1 aliphatic heterocycles. The average molecular weight is 466 g/mol. The molecule has 1 fully saturated rings. The van der Waals surface area contributed by atoms with Gasteiger partial charge in [-0.3, -0.25) is 9.59 Å². The van der Waals surface area contributed by atoms with E-state index in [-0.39, 0.29) is 11.7 Å². The Hall–Kier alpha value is -3.07. The number of carbonyl (C=O) groups excluding carboxylic acids is 2. The molecule has 3 aromatic rings. The maximum absolute atomic E-state index is 13.1. The standard InChI is InChI=1S/C25H27N3O4S/c1-19(29)20-6-9-23(10-7-20)26-25(30)12-13-27-14-16-28(17-15-27)33(31,32)24-11-8-21-4-2-3-5-22(21)18-24/h2-11,18H,12-17H2,1H3,(H,26,30). The number of hydrogen-bond donors (Lipinski definition) is 1. The van der Waals surface area contributed by atoms with E-state index in [1.54, 1.807) is 36.4 Å². The van der Waals surface area contributed by atoms with Crippen LogP contribution in [0.5, 0.6) is 0 Å². The summed E-state index contributed by atoms with van der Waals surface area (Å²) in [5, 5.41) is 4.74. The predicted molar refractivity (Wildman–Crippen MR) is 129 cm³/mol. The molecular formula is C25H27N3O4S. The zero-order valence-electron chi connectivity index (χ0n) is 18.5. The lowest BCUT2D eigenvalue weighted by atomic mass is 10.1. The number of sulfonamides is 1. The predicted octanol–water partition coefficient (Wildman–Crippen LogP) is 3.38. The van der Waals surface area contributed by atoms with Gasteiger partial charge in [0.1, 0.15) is 0 Å². The van der Waals surface area contributed by atoms with Gasteiger partial charge in [-0.15, -0.1) is 0 Å². The first-order valence-corrected chi connectivity index (χ1v) is 12.4. The molecule has 1 aliphatic rings. The van der Waals surface area contributed by atoms with Crippen molar-refractivity contribution in [2.75, 3.05) is 38.0 Å². The van der Waals surface area contributed by atoms with Crippen LogP contribution < -0.4 is 5.32 Å². The van der Waals surface area contributed by atoms with Crippen LogP contribution in [0.1, 0.15) is 23.7 Å². The van der Waals surface area contributed by atoms with E-state index in [2.05, 4.69) is 10.2 Å². The number of nitrogens with one attached hydrogen (secondary N) is 1. The fraction of sp³-hybridized carbons (Fsp3) is 0.280. The van der Waals surface area contributed by atoms with Crippen LogP contribution in [-0.2, 0) is 14.8 Å². The zero-order chi connectivity index (χ0) is 23.4. The molecule has 172 valence electrons. The van der Waals surface area contributed by atoms with Crippen LogP contribution in [0.25, 0.3) is 10.8 Å². The van der Waals surface area contributed by atoms with Crippen molar-refractivity contribution in [3.05, 3.63) is 72.3 Å². The molecule has 1 N–H and O–H groups in total. The highest BCUT2D eigenvalue weighted by Crippen LogP contribution is 2.23. The lowest BCUT2D eigenvalue weighted by Crippen LogP contribution is -2.49. The molecule has 0 atom stereocenters. The fourth-order valence-electron chi connectivity index (χ4n) is 3.94. The van der Waals surface area contributed by atoms with Gasteiger partial charge in [0.05, 0.1) is 4.90 Å². The van der Waals surface area contributed by atoms with Crippen molar-refractivity contribution in [1.82, 2.24) is 9.21 Å². The topological polar surface area (TPSA) is 86.8 Å². The first-order chi connectivity index (χ1) is 15.8. The third kappa shape index (κ3) is 5.47. The SMILES string of the molecule is CC(=O)c1ccc(NC(=O)CCN2CCN(S(=O)(=O)c3ccc4ccccc4c3)CC2)cc1. The Morgan fingerprint density at radius 1 is 0.879 bits per heavy atom. The number of fused-ring (bicyclic) bond motifs is 1. The number of piperazine rings is 1. The summed E-state index contributed by atoms with van der Waals surface area (Å²) < 4.78 is 27.7. The largest absolute Gasteiger partial charge is 0.326 e. The molecule has 0 aliphatic carbocycles. The summed E-state index contributed by atoms with van der Waals surface area (Å²) in [6, 6.07) is 19.7. The number of amides is 1. The van der Waals surface area contributed by atoms with E-state index in [4.69, 9.17) is 0 Å². The average Bonchev–Trinajstić information content (AvgIpc) is 2.83. The number of anilines is 1. The number of benzene rings is 3. The number of nitrogens with zero attached hydrogens (tertiary/aromatic N) is 2. The molecule has 0 aromatic heterocycles. The van der Waals surface area contributed by atoms with E-state index in [1.807, 2.05) is 30.3 Å². The summed E-state index contributed by atoms with van der Waals surface area (Å²) in [4.78, 5) is 26.0. The molecule has 8 heteroatoms. The molecule has 0 unspecified atom stereocenters. The molecule has 0 spiro atoms. The van der Waals surface area contributed by atoms with Crippen LogP contribution in [0, 0.1) is 0 Å². The first kappa shape index (κ1) is 23.1. The van der Waals surface area contributed by atoms with E-state index in [0.717, 1.165) is 10.8 Å². The Bertz CT molecular complexity index is 1260. The van der Waals surface area contributed by atoms with Crippen LogP contribution in [0.2, 0.25) is 0 Å². The number of rotatable bonds is 7. The Morgan fingerprint density at radius 2 is 1.55 bits per heavy atom. The minimum atomic E-state index is -3.56. The van der Waals surface area contributed by atoms with E-state index in [9.17, 15) is 18.0 Å². The van der Waals surface area contributed by atoms with Crippen molar-refractivity contribution in [2.45, 2.75) is 18.2 Å². The second-order valence-corrected chi connectivity index (χ2v) is 10.1. The maximum atomic E-state index is 13.1. The summed E-state index contributed by atoms with van der Waals surface area (Å²) in [6.45, 7) is 4.00. The molecule has 1 amide bonds. The molecular weight excluding hydrogens is 438 g/mol. The second kappa shape index (κ2) is 9.82. The van der Waals surface area contributed by atoms with Gasteiger partial charge in [-0.2, -0.15) is 4.31 Å². The van der Waals surface area contributed by atoms with Crippen LogP contribution in [0.4, 0.5) is 5.69 Å². The van der Waals surface area contributed by atoms with Gasteiger partial charge in [0, 0.05) is 50.4 Å². The molecule has 0 radical (unpaired) electrons. The Morgan fingerprint density at radius 3 is 2.21 bits per heavy atom. The van der Waals surface area contributed by atoms with Crippen LogP contribution in [0.15, 0.2) is 71.6 Å². The number of Topliss-reactive ketones (excluding diaryl/α,β-unsaturated/α-hetero) is 1. The third-order valence-electron chi connectivity index (χ3n) is 5.92. The highest BCUT2D eigenvalue weighted by atomic mass is 32.2. The van der Waals surface area contributed by atoms with Crippen LogP contribution in [-0.4, -0.2) is 62.0 Å². The van der Waals surface area contributed by atoms with E-state index in [0.29, 0.717) is 55.3 Å². The van der Waals surface area contributed by atoms with Gasteiger partial charge in [-0.1, -0.05) is 30.3 Å². The quantitative estimate of drug-likeness (QED) is 0.541. The Balaban J connectivity index is 1.28. The second-order valence-electron chi connectivity index (χ2n) is 8.19. The van der Waals surface area contributed by atoms with Crippen molar-refractivity contribution in [3.8, 4) is 0 Å². The van der Waals surface area contributed by atoms with Crippen molar-refractivity contribution >= 4 is 38.2 Å². The van der Waals surface area contributed by atoms with E-state index in [1.165, 1.54) is 11.2 Å². The Kier molecular flexibility index (Phi) is 6.88. The summed E-state index contributed by atoms with van der Waals surface area (Å²) in [7, 11) is -3.56. The molecule has 1 heterocycles. The van der Waals surface area contributed by atoms with Crippen LogP contribution >= 0.6 is 0 Å². The minimum Gasteiger partial charge on any atom is -0.326 e.